The third-order valence-electron chi connectivity index (χ3n) is 3.52. The fourth-order valence-electron chi connectivity index (χ4n) is 2.36. The quantitative estimate of drug-likeness (QED) is 0.813. The molecule has 0 aromatic heterocycles. The third kappa shape index (κ3) is 3.53. The van der Waals surface area contributed by atoms with Gasteiger partial charge in [-0.25, -0.2) is 0 Å². The van der Waals surface area contributed by atoms with Gasteiger partial charge < -0.3 is 16.0 Å². The zero-order chi connectivity index (χ0) is 12.1. The highest BCUT2D eigenvalue weighted by molar-refractivity contribution is 5.25. The van der Waals surface area contributed by atoms with E-state index in [0.717, 1.165) is 39.3 Å². The van der Waals surface area contributed by atoms with E-state index in [0.29, 0.717) is 5.92 Å². The number of hydrogen-bond donors (Lipinski definition) is 2. The average molecular weight is 233 g/mol. The Morgan fingerprint density at radius 1 is 1.24 bits per heavy atom. The Morgan fingerprint density at radius 2 is 1.88 bits per heavy atom. The average Bonchev–Trinajstić information content (AvgIpc) is 2.38. The molecular formula is C14H23N3. The zero-order valence-corrected chi connectivity index (χ0v) is 10.7. The number of rotatable bonds is 4. The SMILES string of the molecule is Cc1ccc(C(CN)CN2CCNCC2)cc1. The standard InChI is InChI=1S/C14H23N3/c1-12-2-4-13(5-3-12)14(10-15)11-17-8-6-16-7-9-17/h2-5,14,16H,6-11,15H2,1H3. The number of nitrogens with two attached hydrogens (primary N) is 1. The van der Waals surface area contributed by atoms with Crippen LogP contribution in [-0.4, -0.2) is 44.2 Å². The van der Waals surface area contributed by atoms with Crippen LogP contribution in [0.1, 0.15) is 17.0 Å². The van der Waals surface area contributed by atoms with E-state index in [1.165, 1.54) is 11.1 Å². The van der Waals surface area contributed by atoms with E-state index in [-0.39, 0.29) is 0 Å². The Bertz CT molecular complexity index is 328. The fraction of sp³-hybridized carbons (Fsp3) is 0.571. The van der Waals surface area contributed by atoms with Crippen LogP contribution < -0.4 is 11.1 Å². The smallest absolute Gasteiger partial charge is 0.0108 e. The van der Waals surface area contributed by atoms with Crippen LogP contribution in [0, 0.1) is 6.92 Å². The van der Waals surface area contributed by atoms with Crippen molar-refractivity contribution in [2.24, 2.45) is 5.73 Å². The molecular weight excluding hydrogens is 210 g/mol. The first-order chi connectivity index (χ1) is 8.29. The van der Waals surface area contributed by atoms with Crippen molar-refractivity contribution >= 4 is 0 Å². The molecule has 0 radical (unpaired) electrons. The van der Waals surface area contributed by atoms with Crippen LogP contribution in [0.3, 0.4) is 0 Å². The Balaban J connectivity index is 1.97. The van der Waals surface area contributed by atoms with Gasteiger partial charge in [-0.05, 0) is 12.5 Å². The van der Waals surface area contributed by atoms with Crippen molar-refractivity contribution in [3.05, 3.63) is 35.4 Å². The van der Waals surface area contributed by atoms with Gasteiger partial charge in [-0.1, -0.05) is 29.8 Å². The van der Waals surface area contributed by atoms with Crippen LogP contribution >= 0.6 is 0 Å². The molecule has 0 saturated carbocycles. The molecule has 17 heavy (non-hydrogen) atoms. The van der Waals surface area contributed by atoms with Crippen molar-refractivity contribution in [2.45, 2.75) is 12.8 Å². The van der Waals surface area contributed by atoms with Crippen molar-refractivity contribution in [3.8, 4) is 0 Å². The molecule has 1 aromatic rings. The largest absolute Gasteiger partial charge is 0.330 e. The molecule has 1 fully saturated rings. The van der Waals surface area contributed by atoms with Crippen molar-refractivity contribution in [1.29, 1.82) is 0 Å². The maximum Gasteiger partial charge on any atom is 0.0108 e. The number of aryl methyl sites for hydroxylation is 1. The molecule has 0 spiro atoms. The second-order valence-corrected chi connectivity index (χ2v) is 4.89. The predicted octanol–water partition coefficient (Wildman–Crippen LogP) is 0.943. The lowest BCUT2D eigenvalue weighted by Gasteiger charge is -2.30. The number of nitrogens with one attached hydrogen (secondary N) is 1. The second-order valence-electron chi connectivity index (χ2n) is 4.89. The third-order valence-corrected chi connectivity index (χ3v) is 3.52. The highest BCUT2D eigenvalue weighted by atomic mass is 15.2. The first-order valence-electron chi connectivity index (χ1n) is 6.49. The van der Waals surface area contributed by atoms with E-state index in [1.54, 1.807) is 0 Å². The summed E-state index contributed by atoms with van der Waals surface area (Å²) in [5, 5.41) is 3.38. The molecule has 0 amide bonds. The summed E-state index contributed by atoms with van der Waals surface area (Å²) in [6, 6.07) is 8.79. The van der Waals surface area contributed by atoms with Gasteiger partial charge in [0.05, 0.1) is 0 Å². The summed E-state index contributed by atoms with van der Waals surface area (Å²) in [5.41, 5.74) is 8.60. The van der Waals surface area contributed by atoms with Crippen molar-refractivity contribution < 1.29 is 0 Å². The van der Waals surface area contributed by atoms with E-state index >= 15 is 0 Å². The summed E-state index contributed by atoms with van der Waals surface area (Å²) < 4.78 is 0. The van der Waals surface area contributed by atoms with Crippen molar-refractivity contribution in [3.63, 3.8) is 0 Å². The topological polar surface area (TPSA) is 41.3 Å². The van der Waals surface area contributed by atoms with Crippen LogP contribution in [0.2, 0.25) is 0 Å². The zero-order valence-electron chi connectivity index (χ0n) is 10.7. The van der Waals surface area contributed by atoms with Crippen molar-refractivity contribution in [2.75, 3.05) is 39.3 Å². The van der Waals surface area contributed by atoms with Gasteiger partial charge in [0.15, 0.2) is 0 Å². The fourth-order valence-corrected chi connectivity index (χ4v) is 2.36. The highest BCUT2D eigenvalue weighted by Gasteiger charge is 2.16. The summed E-state index contributed by atoms with van der Waals surface area (Å²) in [7, 11) is 0. The van der Waals surface area contributed by atoms with Crippen molar-refractivity contribution in [1.82, 2.24) is 10.2 Å². The maximum absolute atomic E-state index is 5.92. The summed E-state index contributed by atoms with van der Waals surface area (Å²) in [6.45, 7) is 8.42. The van der Waals surface area contributed by atoms with Gasteiger partial charge in [-0.15, -0.1) is 0 Å². The first-order valence-corrected chi connectivity index (χ1v) is 6.49. The molecule has 1 unspecified atom stereocenters. The lowest BCUT2D eigenvalue weighted by Crippen LogP contribution is -2.45. The van der Waals surface area contributed by atoms with E-state index in [1.807, 2.05) is 0 Å². The number of hydrogen-bond acceptors (Lipinski definition) is 3. The minimum Gasteiger partial charge on any atom is -0.330 e. The summed E-state index contributed by atoms with van der Waals surface area (Å²) in [6.07, 6.45) is 0. The van der Waals surface area contributed by atoms with Gasteiger partial charge in [-0.3, -0.25) is 0 Å². The Hall–Kier alpha value is -0.900. The van der Waals surface area contributed by atoms with Gasteiger partial charge in [0.2, 0.25) is 0 Å². The van der Waals surface area contributed by atoms with Crippen LogP contribution in [0.4, 0.5) is 0 Å². The second kappa shape index (κ2) is 6.15. The van der Waals surface area contributed by atoms with E-state index in [9.17, 15) is 0 Å². The number of nitrogens with zero attached hydrogens (tertiary/aromatic N) is 1. The molecule has 1 aliphatic rings. The lowest BCUT2D eigenvalue weighted by molar-refractivity contribution is 0.228. The number of benzene rings is 1. The van der Waals surface area contributed by atoms with Gasteiger partial charge in [0.25, 0.3) is 0 Å². The normalized spacial score (nSPS) is 19.2. The Labute approximate surface area is 104 Å². The molecule has 3 N–H and O–H groups in total. The van der Waals surface area contributed by atoms with Crippen LogP contribution in [0.15, 0.2) is 24.3 Å². The molecule has 2 rings (SSSR count). The van der Waals surface area contributed by atoms with Gasteiger partial charge >= 0.3 is 0 Å². The van der Waals surface area contributed by atoms with Gasteiger partial charge in [0, 0.05) is 45.2 Å². The maximum atomic E-state index is 5.92. The minimum atomic E-state index is 0.466. The molecule has 0 bridgehead atoms. The van der Waals surface area contributed by atoms with Gasteiger partial charge in [0.1, 0.15) is 0 Å². The summed E-state index contributed by atoms with van der Waals surface area (Å²) in [5.74, 6) is 0.466. The molecule has 1 saturated heterocycles. The Kier molecular flexibility index (Phi) is 4.54. The Morgan fingerprint density at radius 3 is 2.47 bits per heavy atom. The molecule has 1 aromatic carbocycles. The summed E-state index contributed by atoms with van der Waals surface area (Å²) >= 11 is 0. The molecule has 3 nitrogen and oxygen atoms in total. The molecule has 3 heteroatoms. The molecule has 94 valence electrons. The van der Waals surface area contributed by atoms with E-state index in [4.69, 9.17) is 5.73 Å². The molecule has 1 heterocycles. The molecule has 0 aliphatic carbocycles. The van der Waals surface area contributed by atoms with Crippen LogP contribution in [0.25, 0.3) is 0 Å². The molecule has 1 atom stereocenters. The number of piperazine rings is 1. The highest BCUT2D eigenvalue weighted by Crippen LogP contribution is 2.17. The minimum absolute atomic E-state index is 0.466. The van der Waals surface area contributed by atoms with Gasteiger partial charge in [-0.2, -0.15) is 0 Å². The van der Waals surface area contributed by atoms with Crippen LogP contribution in [-0.2, 0) is 0 Å². The summed E-state index contributed by atoms with van der Waals surface area (Å²) in [4.78, 5) is 2.51. The van der Waals surface area contributed by atoms with E-state index < -0.39 is 0 Å². The first kappa shape index (κ1) is 12.6. The monoisotopic (exact) mass is 233 g/mol. The van der Waals surface area contributed by atoms with Crippen LogP contribution in [0.5, 0.6) is 0 Å². The molecule has 1 aliphatic heterocycles. The predicted molar refractivity (Wildman–Crippen MR) is 72.3 cm³/mol. The lowest BCUT2D eigenvalue weighted by atomic mass is 9.97. The van der Waals surface area contributed by atoms with E-state index in [2.05, 4.69) is 41.4 Å².